The van der Waals surface area contributed by atoms with Crippen LogP contribution in [0.5, 0.6) is 0 Å². The van der Waals surface area contributed by atoms with Crippen molar-refractivity contribution in [2.24, 2.45) is 0 Å². The number of nitrogens with zero attached hydrogens (tertiary/aromatic N) is 2. The van der Waals surface area contributed by atoms with E-state index in [0.717, 1.165) is 6.42 Å². The molecule has 0 aromatic carbocycles. The van der Waals surface area contributed by atoms with Gasteiger partial charge in [-0.3, -0.25) is 0 Å². The maximum absolute atomic E-state index is 11.6. The molecule has 0 aliphatic carbocycles. The van der Waals surface area contributed by atoms with Gasteiger partial charge in [0, 0.05) is 6.42 Å². The van der Waals surface area contributed by atoms with Crippen molar-refractivity contribution >= 4 is 11.8 Å². The van der Waals surface area contributed by atoms with E-state index in [1.807, 2.05) is 0 Å². The zero-order valence-corrected chi connectivity index (χ0v) is 8.69. The highest BCUT2D eigenvalue weighted by Gasteiger charge is 2.43. The molecule has 4 heteroatoms. The van der Waals surface area contributed by atoms with Crippen LogP contribution >= 0.6 is 0 Å². The summed E-state index contributed by atoms with van der Waals surface area (Å²) in [6, 6.07) is 0. The number of rotatable bonds is 2. The van der Waals surface area contributed by atoms with Gasteiger partial charge >= 0.3 is 11.8 Å². The molecule has 1 atom stereocenters. The molecule has 1 unspecified atom stereocenters. The second kappa shape index (κ2) is 3.44. The fraction of sp³-hybridized carbons (Fsp3) is 0.600. The quantitative estimate of drug-likeness (QED) is 0.585. The minimum Gasteiger partial charge on any atom is -0.247 e. The van der Waals surface area contributed by atoms with E-state index in [1.54, 1.807) is 14.1 Å². The van der Waals surface area contributed by atoms with Crippen LogP contribution in [-0.4, -0.2) is 48.0 Å². The van der Waals surface area contributed by atoms with Crippen LogP contribution in [0.15, 0.2) is 0 Å². The Balaban J connectivity index is 2.69. The smallest absolute Gasteiger partial charge is 0.247 e. The second-order valence-electron chi connectivity index (χ2n) is 4.35. The molecule has 1 rings (SSSR count). The van der Waals surface area contributed by atoms with Crippen molar-refractivity contribution in [2.45, 2.75) is 12.8 Å². The molecule has 0 N–H and O–H groups in total. The van der Waals surface area contributed by atoms with Crippen molar-refractivity contribution < 1.29 is 18.6 Å². The van der Waals surface area contributed by atoms with E-state index in [-0.39, 0.29) is 27.3 Å². The minimum atomic E-state index is -0.287. The molecule has 0 aromatic rings. The Morgan fingerprint density at radius 1 is 1.57 bits per heavy atom. The van der Waals surface area contributed by atoms with E-state index in [0.29, 0.717) is 13.0 Å². The van der Waals surface area contributed by atoms with Gasteiger partial charge in [-0.1, -0.05) is 0 Å². The summed E-state index contributed by atoms with van der Waals surface area (Å²) in [6.45, 7) is 0.521. The normalized spacial score (nSPS) is 28.1. The van der Waals surface area contributed by atoms with Crippen LogP contribution in [-0.2, 0) is 9.59 Å². The summed E-state index contributed by atoms with van der Waals surface area (Å²) in [4.78, 5) is 23.0. The number of amides is 2. The van der Waals surface area contributed by atoms with Crippen LogP contribution < -0.4 is 0 Å². The molecular formula is C10H16N2O2+2. The molecule has 1 fully saturated rings. The first kappa shape index (κ1) is 11.3. The van der Waals surface area contributed by atoms with E-state index in [4.69, 9.17) is 14.1 Å². The number of quaternary nitrogens is 2. The molecule has 1 saturated heterocycles. The van der Waals surface area contributed by atoms with Gasteiger partial charge in [-0.25, -0.2) is 18.6 Å². The van der Waals surface area contributed by atoms with Gasteiger partial charge in [0.1, 0.15) is 0 Å². The lowest BCUT2D eigenvalue weighted by Crippen LogP contribution is -2.53. The zero-order valence-electron chi connectivity index (χ0n) is 8.69. The van der Waals surface area contributed by atoms with Crippen LogP contribution in [0.4, 0.5) is 0 Å². The van der Waals surface area contributed by atoms with E-state index in [9.17, 15) is 9.59 Å². The number of carbonyl (C=O) groups is 2. The lowest BCUT2D eigenvalue weighted by atomic mass is 10.3. The van der Waals surface area contributed by atoms with Crippen LogP contribution in [0.3, 0.4) is 0 Å². The Hall–Kier alpha value is -0.740. The number of hydrogen-bond acceptors (Lipinski definition) is 2. The molecule has 1 aliphatic rings. The van der Waals surface area contributed by atoms with Gasteiger partial charge in [-0.05, 0) is 0 Å². The average Bonchev–Trinajstić information content (AvgIpc) is 2.30. The first-order chi connectivity index (χ1) is 6.26. The topological polar surface area (TPSA) is 34.1 Å². The van der Waals surface area contributed by atoms with Crippen LogP contribution in [0.1, 0.15) is 12.8 Å². The van der Waals surface area contributed by atoms with E-state index in [2.05, 4.69) is 0 Å². The SMILES string of the molecule is [CH][N+](C)(C)C(=O)C[N+]1([CH])CCCC1=O. The molecule has 2 amide bonds. The van der Waals surface area contributed by atoms with Crippen LogP contribution in [0.2, 0.25) is 0 Å². The molecule has 4 nitrogen and oxygen atoms in total. The summed E-state index contributed by atoms with van der Waals surface area (Å²) in [5.41, 5.74) is 0. The van der Waals surface area contributed by atoms with Crippen molar-refractivity contribution in [3.8, 4) is 0 Å². The van der Waals surface area contributed by atoms with E-state index < -0.39 is 0 Å². The van der Waals surface area contributed by atoms with Gasteiger partial charge in [0.05, 0.1) is 27.1 Å². The highest BCUT2D eigenvalue weighted by molar-refractivity contribution is 5.76. The molecule has 76 valence electrons. The van der Waals surface area contributed by atoms with Crippen molar-refractivity contribution in [2.75, 3.05) is 27.2 Å². The molecular weight excluding hydrogens is 180 g/mol. The van der Waals surface area contributed by atoms with Gasteiger partial charge in [0.25, 0.3) is 0 Å². The van der Waals surface area contributed by atoms with Crippen LogP contribution in [0.25, 0.3) is 0 Å². The maximum Gasteiger partial charge on any atom is 0.369 e. The monoisotopic (exact) mass is 196 g/mol. The summed E-state index contributed by atoms with van der Waals surface area (Å²) >= 11 is 0. The third kappa shape index (κ3) is 2.19. The summed E-state index contributed by atoms with van der Waals surface area (Å²) in [6.07, 6.45) is 1.21. The predicted octanol–water partition coefficient (Wildman–Crippen LogP) is 0.0638. The standard InChI is InChI=1S/C10H16N2O2/c1-11(2,3)10(14)8-12(4)7-5-6-9(12)13/h1,4H,5-8H2,2-3H3/q+2. The Morgan fingerprint density at radius 3 is 2.50 bits per heavy atom. The minimum absolute atomic E-state index is 0.0116. The predicted molar refractivity (Wildman–Crippen MR) is 50.0 cm³/mol. The van der Waals surface area contributed by atoms with Crippen molar-refractivity contribution in [1.29, 1.82) is 0 Å². The lowest BCUT2D eigenvalue weighted by Gasteiger charge is -2.27. The number of hydrogen-bond donors (Lipinski definition) is 0. The number of carbonyl (C=O) groups excluding carboxylic acids is 2. The fourth-order valence-electron chi connectivity index (χ4n) is 1.45. The molecule has 0 spiro atoms. The molecule has 1 aliphatic heterocycles. The van der Waals surface area contributed by atoms with Gasteiger partial charge in [-0.15, -0.1) is 0 Å². The number of likely N-dealkylation sites (tertiary alicyclic amines) is 1. The molecule has 0 aromatic heterocycles. The van der Waals surface area contributed by atoms with Gasteiger partial charge in [0.2, 0.25) is 20.6 Å². The molecule has 14 heavy (non-hydrogen) atoms. The fourth-order valence-corrected chi connectivity index (χ4v) is 1.45. The van der Waals surface area contributed by atoms with E-state index in [1.165, 1.54) is 0 Å². The zero-order chi connectivity index (χ0) is 11.0. The summed E-state index contributed by atoms with van der Waals surface area (Å²) in [5.74, 6) is -0.311. The van der Waals surface area contributed by atoms with Gasteiger partial charge < -0.3 is 0 Å². The Morgan fingerprint density at radius 2 is 2.14 bits per heavy atom. The molecule has 1 heterocycles. The highest BCUT2D eigenvalue weighted by Crippen LogP contribution is 2.20. The highest BCUT2D eigenvalue weighted by atomic mass is 16.2. The first-order valence-corrected chi connectivity index (χ1v) is 4.61. The maximum atomic E-state index is 11.6. The Kier molecular flexibility index (Phi) is 2.78. The molecule has 0 bridgehead atoms. The molecule has 4 radical (unpaired) electrons. The Labute approximate surface area is 85.3 Å². The van der Waals surface area contributed by atoms with Crippen molar-refractivity contribution in [3.05, 3.63) is 14.1 Å². The third-order valence-electron chi connectivity index (χ3n) is 2.50. The summed E-state index contributed by atoms with van der Waals surface area (Å²) in [7, 11) is 14.5. The van der Waals surface area contributed by atoms with Gasteiger partial charge in [0.15, 0.2) is 0 Å². The lowest BCUT2D eigenvalue weighted by molar-refractivity contribution is -0.822. The van der Waals surface area contributed by atoms with Crippen molar-refractivity contribution in [1.82, 2.24) is 0 Å². The van der Waals surface area contributed by atoms with Gasteiger partial charge in [-0.2, -0.15) is 0 Å². The molecule has 0 saturated carbocycles. The second-order valence-corrected chi connectivity index (χ2v) is 4.35. The van der Waals surface area contributed by atoms with E-state index >= 15 is 0 Å². The largest absolute Gasteiger partial charge is 0.369 e. The number of likely N-dealkylation sites (N-methyl/N-ethyl adjacent to an activating group) is 1. The van der Waals surface area contributed by atoms with Crippen molar-refractivity contribution in [3.63, 3.8) is 0 Å². The average molecular weight is 196 g/mol. The summed E-state index contributed by atoms with van der Waals surface area (Å²) in [5, 5.41) is 0. The van der Waals surface area contributed by atoms with Crippen LogP contribution in [0, 0.1) is 14.1 Å². The first-order valence-electron chi connectivity index (χ1n) is 4.61. The summed E-state index contributed by atoms with van der Waals surface area (Å²) < 4.78 is -0.567. The third-order valence-corrected chi connectivity index (χ3v) is 2.50. The Bertz CT molecular complexity index is 268.